The first-order valence-electron chi connectivity index (χ1n) is 7.09. The molecule has 2 nitrogen and oxygen atoms in total. The zero-order valence-corrected chi connectivity index (χ0v) is 11.9. The largest absolute Gasteiger partial charge is 0.271 e. The molecule has 0 heterocycles. The Morgan fingerprint density at radius 2 is 2.11 bits per heavy atom. The highest BCUT2D eigenvalue weighted by molar-refractivity contribution is 6.30. The lowest BCUT2D eigenvalue weighted by Gasteiger charge is -2.18. The molecule has 1 aromatic carbocycles. The summed E-state index contributed by atoms with van der Waals surface area (Å²) in [5.74, 6) is 6.22. The normalized spacial score (nSPS) is 17.8. The lowest BCUT2D eigenvalue weighted by molar-refractivity contribution is 0.403. The topological polar surface area (TPSA) is 38.0 Å². The van der Waals surface area contributed by atoms with Gasteiger partial charge in [-0.15, -0.1) is 0 Å². The van der Waals surface area contributed by atoms with E-state index in [1.54, 1.807) is 12.1 Å². The van der Waals surface area contributed by atoms with E-state index in [0.29, 0.717) is 17.0 Å². The van der Waals surface area contributed by atoms with Crippen molar-refractivity contribution in [2.24, 2.45) is 11.8 Å². The van der Waals surface area contributed by atoms with Crippen LogP contribution in [0.5, 0.6) is 0 Å². The lowest BCUT2D eigenvalue weighted by Crippen LogP contribution is -2.37. The molecule has 0 aliphatic heterocycles. The van der Waals surface area contributed by atoms with E-state index < -0.39 is 0 Å². The predicted molar refractivity (Wildman–Crippen MR) is 77.4 cm³/mol. The first-order valence-corrected chi connectivity index (χ1v) is 7.47. The molecule has 1 aromatic rings. The molecular formula is C15H22ClFN2. The van der Waals surface area contributed by atoms with Gasteiger partial charge < -0.3 is 0 Å². The molecule has 0 amide bonds. The summed E-state index contributed by atoms with van der Waals surface area (Å²) in [4.78, 5) is 0. The van der Waals surface area contributed by atoms with Gasteiger partial charge in [0.1, 0.15) is 5.82 Å². The number of benzene rings is 1. The Bertz CT molecular complexity index is 405. The van der Waals surface area contributed by atoms with Crippen molar-refractivity contribution in [3.63, 3.8) is 0 Å². The van der Waals surface area contributed by atoms with E-state index >= 15 is 0 Å². The fourth-order valence-electron chi connectivity index (χ4n) is 2.95. The van der Waals surface area contributed by atoms with Crippen LogP contribution < -0.4 is 11.3 Å². The maximum Gasteiger partial charge on any atom is 0.126 e. The van der Waals surface area contributed by atoms with Gasteiger partial charge in [0.2, 0.25) is 0 Å². The molecule has 1 aliphatic carbocycles. The molecule has 4 heteroatoms. The van der Waals surface area contributed by atoms with Crippen molar-refractivity contribution < 1.29 is 4.39 Å². The van der Waals surface area contributed by atoms with E-state index in [4.69, 9.17) is 17.4 Å². The third-order valence-corrected chi connectivity index (χ3v) is 4.34. The Hall–Kier alpha value is -0.640. The third-order valence-electron chi connectivity index (χ3n) is 4.11. The van der Waals surface area contributed by atoms with Crippen LogP contribution in [0.4, 0.5) is 4.39 Å². The van der Waals surface area contributed by atoms with Crippen LogP contribution in [0.15, 0.2) is 18.2 Å². The molecule has 1 fully saturated rings. The number of halogens is 2. The number of rotatable bonds is 6. The molecule has 1 atom stereocenters. The molecule has 0 saturated heterocycles. The van der Waals surface area contributed by atoms with E-state index in [0.717, 1.165) is 12.3 Å². The van der Waals surface area contributed by atoms with Crippen molar-refractivity contribution in [3.8, 4) is 0 Å². The lowest BCUT2D eigenvalue weighted by atomic mass is 9.95. The molecule has 0 bridgehead atoms. The van der Waals surface area contributed by atoms with Gasteiger partial charge in [-0.3, -0.25) is 11.3 Å². The quantitative estimate of drug-likeness (QED) is 0.615. The summed E-state index contributed by atoms with van der Waals surface area (Å²) >= 11 is 5.91. The van der Waals surface area contributed by atoms with Crippen LogP contribution in [-0.4, -0.2) is 6.04 Å². The zero-order chi connectivity index (χ0) is 13.7. The molecule has 0 aromatic heterocycles. The van der Waals surface area contributed by atoms with Crippen molar-refractivity contribution in [2.45, 2.75) is 51.0 Å². The Morgan fingerprint density at radius 3 is 2.79 bits per heavy atom. The van der Waals surface area contributed by atoms with Gasteiger partial charge in [0.15, 0.2) is 0 Å². The van der Waals surface area contributed by atoms with Crippen molar-refractivity contribution >= 4 is 11.6 Å². The van der Waals surface area contributed by atoms with Crippen molar-refractivity contribution in [2.75, 3.05) is 0 Å². The third kappa shape index (κ3) is 4.44. The van der Waals surface area contributed by atoms with Crippen molar-refractivity contribution in [1.82, 2.24) is 5.43 Å². The van der Waals surface area contributed by atoms with Crippen LogP contribution in [0.2, 0.25) is 5.02 Å². The SMILES string of the molecule is NNC(CCC1CCCC1)Cc1cc(Cl)ccc1F. The van der Waals surface area contributed by atoms with Gasteiger partial charge in [-0.1, -0.05) is 37.3 Å². The highest BCUT2D eigenvalue weighted by atomic mass is 35.5. The van der Waals surface area contributed by atoms with Crippen LogP contribution in [-0.2, 0) is 6.42 Å². The van der Waals surface area contributed by atoms with Crippen LogP contribution in [0.25, 0.3) is 0 Å². The Labute approximate surface area is 119 Å². The van der Waals surface area contributed by atoms with Gasteiger partial charge in [-0.05, 0) is 48.9 Å². The summed E-state index contributed by atoms with van der Waals surface area (Å²) < 4.78 is 13.7. The van der Waals surface area contributed by atoms with E-state index in [-0.39, 0.29) is 11.9 Å². The molecular weight excluding hydrogens is 263 g/mol. The fraction of sp³-hybridized carbons (Fsp3) is 0.600. The first-order chi connectivity index (χ1) is 9.19. The first kappa shape index (κ1) is 14.8. The van der Waals surface area contributed by atoms with Crippen molar-refractivity contribution in [1.29, 1.82) is 0 Å². The van der Waals surface area contributed by atoms with E-state index in [2.05, 4.69) is 5.43 Å². The summed E-state index contributed by atoms with van der Waals surface area (Å²) in [6, 6.07) is 4.80. The molecule has 1 aliphatic rings. The van der Waals surface area contributed by atoms with Gasteiger partial charge in [0.05, 0.1) is 0 Å². The average molecular weight is 285 g/mol. The molecule has 1 saturated carbocycles. The van der Waals surface area contributed by atoms with Crippen LogP contribution in [0.1, 0.15) is 44.1 Å². The second-order valence-electron chi connectivity index (χ2n) is 5.53. The number of hydrazine groups is 1. The fourth-order valence-corrected chi connectivity index (χ4v) is 3.14. The van der Waals surface area contributed by atoms with E-state index in [1.807, 2.05) is 0 Å². The highest BCUT2D eigenvalue weighted by Gasteiger charge is 2.18. The summed E-state index contributed by atoms with van der Waals surface area (Å²) in [6.07, 6.45) is 8.15. The standard InChI is InChI=1S/C15H22ClFN2/c16-13-6-8-15(17)12(9-13)10-14(19-18)7-5-11-3-1-2-4-11/h6,8-9,11,14,19H,1-5,7,10,18H2. The maximum atomic E-state index is 13.7. The summed E-state index contributed by atoms with van der Waals surface area (Å²) in [5.41, 5.74) is 3.45. The van der Waals surface area contributed by atoms with Gasteiger partial charge >= 0.3 is 0 Å². The van der Waals surface area contributed by atoms with Crippen LogP contribution in [0.3, 0.4) is 0 Å². The maximum absolute atomic E-state index is 13.7. The van der Waals surface area contributed by atoms with Gasteiger partial charge in [-0.2, -0.15) is 0 Å². The summed E-state index contributed by atoms with van der Waals surface area (Å²) in [7, 11) is 0. The minimum absolute atomic E-state index is 0.119. The number of hydrogen-bond donors (Lipinski definition) is 2. The molecule has 0 radical (unpaired) electrons. The number of nitrogens with one attached hydrogen (secondary N) is 1. The van der Waals surface area contributed by atoms with Gasteiger partial charge in [0.25, 0.3) is 0 Å². The van der Waals surface area contributed by atoms with E-state index in [9.17, 15) is 4.39 Å². The van der Waals surface area contributed by atoms with Gasteiger partial charge in [-0.25, -0.2) is 4.39 Å². The number of hydrogen-bond acceptors (Lipinski definition) is 2. The summed E-state index contributed by atoms with van der Waals surface area (Å²) in [6.45, 7) is 0. The van der Waals surface area contributed by atoms with Crippen LogP contribution >= 0.6 is 11.6 Å². The Morgan fingerprint density at radius 1 is 1.37 bits per heavy atom. The number of nitrogens with two attached hydrogens (primary N) is 1. The molecule has 0 spiro atoms. The van der Waals surface area contributed by atoms with E-state index in [1.165, 1.54) is 38.2 Å². The molecule has 106 valence electrons. The molecule has 19 heavy (non-hydrogen) atoms. The second-order valence-corrected chi connectivity index (χ2v) is 5.97. The van der Waals surface area contributed by atoms with Crippen LogP contribution in [0, 0.1) is 11.7 Å². The van der Waals surface area contributed by atoms with Crippen molar-refractivity contribution in [3.05, 3.63) is 34.6 Å². The highest BCUT2D eigenvalue weighted by Crippen LogP contribution is 2.29. The summed E-state index contributed by atoms with van der Waals surface area (Å²) in [5, 5.41) is 0.572. The zero-order valence-electron chi connectivity index (χ0n) is 11.2. The minimum atomic E-state index is -0.203. The smallest absolute Gasteiger partial charge is 0.126 e. The van der Waals surface area contributed by atoms with Gasteiger partial charge in [0, 0.05) is 11.1 Å². The monoisotopic (exact) mass is 284 g/mol. The molecule has 2 rings (SSSR count). The minimum Gasteiger partial charge on any atom is -0.271 e. The predicted octanol–water partition coefficient (Wildman–Crippen LogP) is 3.82. The Kier molecular flexibility index (Phi) is 5.61. The molecule has 3 N–H and O–H groups in total. The molecule has 1 unspecified atom stereocenters. The average Bonchev–Trinajstić information content (AvgIpc) is 2.91. The second kappa shape index (κ2) is 7.22. The Balaban J connectivity index is 1.88.